The maximum absolute atomic E-state index is 14.1. The van der Waals surface area contributed by atoms with Crippen LogP contribution in [0.15, 0.2) is 41.3 Å². The molecule has 2 heterocycles. The summed E-state index contributed by atoms with van der Waals surface area (Å²) in [6.45, 7) is 4.13. The summed E-state index contributed by atoms with van der Waals surface area (Å²) in [7, 11) is -4.11. The third-order valence-electron chi connectivity index (χ3n) is 4.99. The highest BCUT2D eigenvalue weighted by Gasteiger charge is 2.40. The number of rotatable bonds is 4. The number of anilines is 1. The number of aryl methyl sites for hydroxylation is 2. The standard InChI is InChI=1S/C20H20FN3O3S2/c1-12-10-13(2)18-16(11-12)28-20(22-18)23-19(25)15-7-5-9-24(15)29(26,27)17-8-4-3-6-14(17)21/h3-4,6,8,10-11,15H,5,7,9H2,1-2H3,(H,22,23,25). The summed E-state index contributed by atoms with van der Waals surface area (Å²) in [5.74, 6) is -1.27. The molecule has 1 N–H and O–H groups in total. The Bertz CT molecular complexity index is 1210. The minimum absolute atomic E-state index is 0.174. The van der Waals surface area contributed by atoms with Gasteiger partial charge in [-0.05, 0) is 56.0 Å². The SMILES string of the molecule is Cc1cc(C)c2nc(NC(=O)C3CCCN3S(=O)(=O)c3ccccc3F)sc2c1. The lowest BCUT2D eigenvalue weighted by Gasteiger charge is -2.23. The lowest BCUT2D eigenvalue weighted by Crippen LogP contribution is -2.43. The van der Waals surface area contributed by atoms with E-state index in [1.54, 1.807) is 0 Å². The average Bonchev–Trinajstić information content (AvgIpc) is 3.29. The van der Waals surface area contributed by atoms with Crippen LogP contribution < -0.4 is 5.32 Å². The van der Waals surface area contributed by atoms with E-state index in [9.17, 15) is 17.6 Å². The molecule has 0 radical (unpaired) electrons. The van der Waals surface area contributed by atoms with E-state index in [4.69, 9.17) is 0 Å². The first-order chi connectivity index (χ1) is 13.8. The van der Waals surface area contributed by atoms with E-state index in [1.807, 2.05) is 26.0 Å². The molecule has 3 aromatic rings. The van der Waals surface area contributed by atoms with Crippen molar-refractivity contribution in [2.45, 2.75) is 37.6 Å². The van der Waals surface area contributed by atoms with Crippen LogP contribution in [0.25, 0.3) is 10.2 Å². The van der Waals surface area contributed by atoms with Gasteiger partial charge in [-0.2, -0.15) is 4.31 Å². The van der Waals surface area contributed by atoms with Gasteiger partial charge >= 0.3 is 0 Å². The maximum Gasteiger partial charge on any atom is 0.246 e. The highest BCUT2D eigenvalue weighted by molar-refractivity contribution is 7.89. The second-order valence-electron chi connectivity index (χ2n) is 7.14. The summed E-state index contributed by atoms with van der Waals surface area (Å²) in [6.07, 6.45) is 0.909. The number of hydrogen-bond donors (Lipinski definition) is 1. The molecule has 1 saturated heterocycles. The van der Waals surface area contributed by atoms with Crippen LogP contribution in [0.5, 0.6) is 0 Å². The molecule has 0 bridgehead atoms. The highest BCUT2D eigenvalue weighted by atomic mass is 32.2. The van der Waals surface area contributed by atoms with E-state index in [0.29, 0.717) is 18.0 Å². The molecule has 4 rings (SSSR count). The van der Waals surface area contributed by atoms with Gasteiger partial charge in [-0.15, -0.1) is 0 Å². The molecular formula is C20H20FN3O3S2. The van der Waals surface area contributed by atoms with Gasteiger partial charge in [-0.1, -0.05) is 29.5 Å². The molecule has 0 saturated carbocycles. The van der Waals surface area contributed by atoms with Gasteiger partial charge in [-0.25, -0.2) is 17.8 Å². The molecule has 0 spiro atoms. The van der Waals surface area contributed by atoms with Crippen molar-refractivity contribution in [3.63, 3.8) is 0 Å². The zero-order chi connectivity index (χ0) is 20.8. The predicted molar refractivity (Wildman–Crippen MR) is 111 cm³/mol. The number of fused-ring (bicyclic) bond motifs is 1. The first-order valence-electron chi connectivity index (χ1n) is 9.22. The van der Waals surface area contributed by atoms with Crippen LogP contribution in [0.1, 0.15) is 24.0 Å². The molecule has 1 aromatic heterocycles. The van der Waals surface area contributed by atoms with Crippen molar-refractivity contribution >= 4 is 42.6 Å². The normalized spacial score (nSPS) is 17.7. The topological polar surface area (TPSA) is 79.4 Å². The largest absolute Gasteiger partial charge is 0.301 e. The first kappa shape index (κ1) is 19.9. The van der Waals surface area contributed by atoms with Crippen LogP contribution in [0, 0.1) is 19.7 Å². The summed E-state index contributed by atoms with van der Waals surface area (Å²) >= 11 is 1.35. The predicted octanol–water partition coefficient (Wildman–Crippen LogP) is 3.84. The van der Waals surface area contributed by atoms with Crippen LogP contribution in [-0.4, -0.2) is 36.2 Å². The number of benzene rings is 2. The van der Waals surface area contributed by atoms with Crippen molar-refractivity contribution in [2.75, 3.05) is 11.9 Å². The Labute approximate surface area is 172 Å². The highest BCUT2D eigenvalue weighted by Crippen LogP contribution is 2.31. The van der Waals surface area contributed by atoms with Crippen LogP contribution in [0.4, 0.5) is 9.52 Å². The van der Waals surface area contributed by atoms with E-state index < -0.39 is 32.7 Å². The number of nitrogens with one attached hydrogen (secondary N) is 1. The number of thiazole rings is 1. The third kappa shape index (κ3) is 3.65. The smallest absolute Gasteiger partial charge is 0.246 e. The van der Waals surface area contributed by atoms with E-state index in [0.717, 1.165) is 31.7 Å². The number of sulfonamides is 1. The molecule has 0 aliphatic carbocycles. The molecule has 1 unspecified atom stereocenters. The molecule has 2 aromatic carbocycles. The Kier molecular flexibility index (Phi) is 5.14. The fourth-order valence-corrected chi connectivity index (χ4v) is 6.45. The van der Waals surface area contributed by atoms with Crippen molar-refractivity contribution in [3.8, 4) is 0 Å². The van der Waals surface area contributed by atoms with Crippen molar-refractivity contribution in [3.05, 3.63) is 53.3 Å². The maximum atomic E-state index is 14.1. The summed E-state index contributed by atoms with van der Waals surface area (Å²) in [5.41, 5.74) is 2.94. The van der Waals surface area contributed by atoms with E-state index in [-0.39, 0.29) is 6.54 Å². The molecule has 1 fully saturated rings. The van der Waals surface area contributed by atoms with Gasteiger partial charge in [0.2, 0.25) is 15.9 Å². The third-order valence-corrected chi connectivity index (χ3v) is 7.85. The minimum Gasteiger partial charge on any atom is -0.301 e. The number of carbonyl (C=O) groups excluding carboxylic acids is 1. The molecule has 6 nitrogen and oxygen atoms in total. The monoisotopic (exact) mass is 433 g/mol. The Balaban J connectivity index is 1.60. The molecular weight excluding hydrogens is 413 g/mol. The number of amides is 1. The molecule has 1 atom stereocenters. The van der Waals surface area contributed by atoms with Gasteiger partial charge in [-0.3, -0.25) is 4.79 Å². The van der Waals surface area contributed by atoms with Crippen molar-refractivity contribution < 1.29 is 17.6 Å². The van der Waals surface area contributed by atoms with E-state index in [2.05, 4.69) is 10.3 Å². The van der Waals surface area contributed by atoms with Crippen molar-refractivity contribution in [1.29, 1.82) is 0 Å². The van der Waals surface area contributed by atoms with Crippen molar-refractivity contribution in [1.82, 2.24) is 9.29 Å². The van der Waals surface area contributed by atoms with Crippen LogP contribution >= 0.6 is 11.3 Å². The Hall–Kier alpha value is -2.36. The van der Waals surface area contributed by atoms with Gasteiger partial charge in [0.25, 0.3) is 0 Å². The number of aromatic nitrogens is 1. The van der Waals surface area contributed by atoms with E-state index in [1.165, 1.54) is 29.5 Å². The summed E-state index contributed by atoms with van der Waals surface area (Å²) in [4.78, 5) is 16.9. The zero-order valence-electron chi connectivity index (χ0n) is 16.0. The number of halogens is 1. The quantitative estimate of drug-likeness (QED) is 0.678. The zero-order valence-corrected chi connectivity index (χ0v) is 17.6. The molecule has 1 aliphatic rings. The Morgan fingerprint density at radius 3 is 2.79 bits per heavy atom. The minimum atomic E-state index is -4.11. The number of nitrogens with zero attached hydrogens (tertiary/aromatic N) is 2. The van der Waals surface area contributed by atoms with Gasteiger partial charge < -0.3 is 5.32 Å². The summed E-state index contributed by atoms with van der Waals surface area (Å²) in [5, 5.41) is 3.18. The van der Waals surface area contributed by atoms with Crippen LogP contribution in [0.3, 0.4) is 0 Å². The molecule has 9 heteroatoms. The molecule has 152 valence electrons. The second kappa shape index (κ2) is 7.47. The Morgan fingerprint density at radius 1 is 1.28 bits per heavy atom. The Morgan fingerprint density at radius 2 is 2.03 bits per heavy atom. The van der Waals surface area contributed by atoms with Gasteiger partial charge in [0.1, 0.15) is 16.8 Å². The number of hydrogen-bond acceptors (Lipinski definition) is 5. The van der Waals surface area contributed by atoms with Gasteiger partial charge in [0.05, 0.1) is 10.2 Å². The van der Waals surface area contributed by atoms with Gasteiger partial charge in [0, 0.05) is 6.54 Å². The van der Waals surface area contributed by atoms with Crippen LogP contribution in [-0.2, 0) is 14.8 Å². The molecule has 29 heavy (non-hydrogen) atoms. The molecule has 1 amide bonds. The van der Waals surface area contributed by atoms with Crippen molar-refractivity contribution in [2.24, 2.45) is 0 Å². The fourth-order valence-electron chi connectivity index (χ4n) is 3.68. The fraction of sp³-hybridized carbons (Fsp3) is 0.300. The summed E-state index contributed by atoms with van der Waals surface area (Å²) in [6, 6.07) is 8.34. The first-order valence-corrected chi connectivity index (χ1v) is 11.5. The summed E-state index contributed by atoms with van der Waals surface area (Å²) < 4.78 is 42.0. The van der Waals surface area contributed by atoms with Gasteiger partial charge in [0.15, 0.2) is 5.13 Å². The average molecular weight is 434 g/mol. The van der Waals surface area contributed by atoms with E-state index >= 15 is 0 Å². The lowest BCUT2D eigenvalue weighted by atomic mass is 10.1. The lowest BCUT2D eigenvalue weighted by molar-refractivity contribution is -0.119. The van der Waals surface area contributed by atoms with Crippen LogP contribution in [0.2, 0.25) is 0 Å². The molecule has 1 aliphatic heterocycles. The second-order valence-corrected chi connectivity index (χ2v) is 10.0. The number of carbonyl (C=O) groups is 1.